The first-order chi connectivity index (χ1) is 12.3. The van der Waals surface area contributed by atoms with E-state index in [1.807, 2.05) is 6.07 Å². The number of carbonyl (C=O) groups is 1. The van der Waals surface area contributed by atoms with Crippen molar-refractivity contribution in [2.24, 2.45) is 0 Å². The van der Waals surface area contributed by atoms with Crippen molar-refractivity contribution < 1.29 is 18.7 Å². The topological polar surface area (TPSA) is 73.1 Å². The summed E-state index contributed by atoms with van der Waals surface area (Å²) in [6.07, 6.45) is 0. The van der Waals surface area contributed by atoms with Gasteiger partial charge in [-0.2, -0.15) is 5.26 Å². The molecular weight excluding hydrogens is 385 g/mol. The molecule has 0 bridgehead atoms. The number of benzene rings is 2. The molecule has 2 N–H and O–H groups in total. The van der Waals surface area contributed by atoms with Crippen LogP contribution in [-0.4, -0.2) is 23.7 Å². The van der Waals surface area contributed by atoms with Crippen LogP contribution in [0.3, 0.4) is 0 Å². The molecule has 0 radical (unpaired) electrons. The Morgan fingerprint density at radius 3 is 2.65 bits per heavy atom. The van der Waals surface area contributed by atoms with Gasteiger partial charge in [0.2, 0.25) is 0 Å². The Kier molecular flexibility index (Phi) is 4.89. The summed E-state index contributed by atoms with van der Waals surface area (Å²) >= 11 is 11.6. The Balaban J connectivity index is 2.28. The predicted octanol–water partition coefficient (Wildman–Crippen LogP) is 3.87. The van der Waals surface area contributed by atoms with Crippen LogP contribution in [0.25, 0.3) is 0 Å². The molecule has 2 aromatic rings. The van der Waals surface area contributed by atoms with Crippen LogP contribution in [0.5, 0.6) is 0 Å². The number of carboxylic acids is 1. The highest BCUT2D eigenvalue weighted by atomic mass is 35.5. The van der Waals surface area contributed by atoms with E-state index in [1.165, 1.54) is 30.3 Å². The zero-order chi connectivity index (χ0) is 19.1. The zero-order valence-electron chi connectivity index (χ0n) is 13.1. The highest BCUT2D eigenvalue weighted by Gasteiger charge is 2.55. The Morgan fingerprint density at radius 2 is 2.04 bits per heavy atom. The van der Waals surface area contributed by atoms with Crippen molar-refractivity contribution in [2.45, 2.75) is 17.4 Å². The second kappa shape index (κ2) is 6.84. The van der Waals surface area contributed by atoms with Crippen LogP contribution in [0.1, 0.15) is 17.0 Å². The molecule has 1 saturated heterocycles. The largest absolute Gasteiger partial charge is 0.480 e. The van der Waals surface area contributed by atoms with Gasteiger partial charge in [-0.1, -0.05) is 41.4 Å². The van der Waals surface area contributed by atoms with E-state index in [-0.39, 0.29) is 27.7 Å². The maximum absolute atomic E-state index is 14.7. The summed E-state index contributed by atoms with van der Waals surface area (Å²) in [5.41, 5.74) is -1.76. The molecule has 4 nitrogen and oxygen atoms in total. The van der Waals surface area contributed by atoms with Crippen LogP contribution < -0.4 is 5.32 Å². The van der Waals surface area contributed by atoms with Gasteiger partial charge in [0.25, 0.3) is 0 Å². The molecule has 134 valence electrons. The summed E-state index contributed by atoms with van der Waals surface area (Å²) < 4.78 is 29.3. The molecule has 3 unspecified atom stereocenters. The van der Waals surface area contributed by atoms with Crippen molar-refractivity contribution >= 4 is 29.2 Å². The lowest BCUT2D eigenvalue weighted by atomic mass is 9.68. The molecule has 2 aromatic carbocycles. The van der Waals surface area contributed by atoms with Gasteiger partial charge in [0, 0.05) is 23.0 Å². The number of halogens is 4. The number of hydrogen-bond donors (Lipinski definition) is 2. The highest BCUT2D eigenvalue weighted by Crippen LogP contribution is 2.47. The minimum absolute atomic E-state index is 0.0509. The quantitative estimate of drug-likeness (QED) is 0.825. The average molecular weight is 397 g/mol. The van der Waals surface area contributed by atoms with E-state index in [0.29, 0.717) is 0 Å². The average Bonchev–Trinajstić information content (AvgIpc) is 2.98. The third-order valence-corrected chi connectivity index (χ3v) is 5.19. The molecule has 26 heavy (non-hydrogen) atoms. The van der Waals surface area contributed by atoms with Crippen molar-refractivity contribution in [3.8, 4) is 6.07 Å². The van der Waals surface area contributed by atoms with E-state index < -0.39 is 35.0 Å². The molecule has 1 aliphatic heterocycles. The lowest BCUT2D eigenvalue weighted by Gasteiger charge is -2.31. The van der Waals surface area contributed by atoms with E-state index in [1.54, 1.807) is 0 Å². The molecule has 3 atom stereocenters. The molecule has 8 heteroatoms. The van der Waals surface area contributed by atoms with E-state index in [2.05, 4.69) is 5.32 Å². The Bertz CT molecular complexity index is 932. The first kappa shape index (κ1) is 18.6. The van der Waals surface area contributed by atoms with Gasteiger partial charge in [-0.25, -0.2) is 8.78 Å². The molecule has 1 aliphatic rings. The molecule has 0 amide bonds. The SMILES string of the molecule is N#CC1(c2ccc(Cl)cc2F)CNC(C(=O)O)C1c1cccc(Cl)c1F. The summed E-state index contributed by atoms with van der Waals surface area (Å²) in [6, 6.07) is 8.61. The summed E-state index contributed by atoms with van der Waals surface area (Å²) in [6.45, 7) is -0.171. The number of nitrogens with zero attached hydrogens (tertiary/aromatic N) is 1. The lowest BCUT2D eigenvalue weighted by molar-refractivity contribution is -0.139. The second-order valence-corrected chi connectivity index (χ2v) is 6.87. The summed E-state index contributed by atoms with van der Waals surface area (Å²) in [4.78, 5) is 11.7. The first-order valence-electron chi connectivity index (χ1n) is 7.58. The number of nitrogens with one attached hydrogen (secondary N) is 1. The van der Waals surface area contributed by atoms with Crippen LogP contribution >= 0.6 is 23.2 Å². The van der Waals surface area contributed by atoms with Gasteiger partial charge >= 0.3 is 5.97 Å². The summed E-state index contributed by atoms with van der Waals surface area (Å²) in [5, 5.41) is 22.1. The van der Waals surface area contributed by atoms with Crippen molar-refractivity contribution in [3.63, 3.8) is 0 Å². The van der Waals surface area contributed by atoms with Crippen LogP contribution in [0.4, 0.5) is 8.78 Å². The maximum Gasteiger partial charge on any atom is 0.321 e. The Labute approximate surface area is 158 Å². The number of hydrogen-bond acceptors (Lipinski definition) is 3. The van der Waals surface area contributed by atoms with Crippen LogP contribution in [0.15, 0.2) is 36.4 Å². The van der Waals surface area contributed by atoms with Gasteiger partial charge < -0.3 is 10.4 Å². The molecule has 3 rings (SSSR count). The Morgan fingerprint density at radius 1 is 1.31 bits per heavy atom. The fourth-order valence-electron chi connectivity index (χ4n) is 3.50. The van der Waals surface area contributed by atoms with Crippen LogP contribution in [0.2, 0.25) is 10.0 Å². The minimum Gasteiger partial charge on any atom is -0.480 e. The standard InChI is InChI=1S/C18H12Cl2F2N2O2/c19-9-4-5-11(13(21)6-9)18(7-23)8-24-16(17(25)26)14(18)10-2-1-3-12(20)15(10)22/h1-6,14,16,24H,8H2,(H,25,26). The lowest BCUT2D eigenvalue weighted by Crippen LogP contribution is -2.38. The van der Waals surface area contributed by atoms with Gasteiger partial charge in [0.1, 0.15) is 23.1 Å². The minimum atomic E-state index is -1.65. The van der Waals surface area contributed by atoms with Gasteiger partial charge in [-0.05, 0) is 23.8 Å². The summed E-state index contributed by atoms with van der Waals surface area (Å²) in [7, 11) is 0. The normalized spacial score (nSPS) is 25.0. The molecule has 0 spiro atoms. The van der Waals surface area contributed by atoms with Crippen LogP contribution in [-0.2, 0) is 10.2 Å². The molecular formula is C18H12Cl2F2N2O2. The monoisotopic (exact) mass is 396 g/mol. The second-order valence-electron chi connectivity index (χ2n) is 6.02. The van der Waals surface area contributed by atoms with Gasteiger partial charge in [0.05, 0.1) is 11.1 Å². The van der Waals surface area contributed by atoms with E-state index in [4.69, 9.17) is 23.2 Å². The third kappa shape index (κ3) is 2.82. The molecule has 0 saturated carbocycles. The highest BCUT2D eigenvalue weighted by molar-refractivity contribution is 6.31. The first-order valence-corrected chi connectivity index (χ1v) is 8.34. The number of rotatable bonds is 3. The van der Waals surface area contributed by atoms with Gasteiger partial charge in [-0.15, -0.1) is 0 Å². The van der Waals surface area contributed by atoms with Gasteiger partial charge in [0.15, 0.2) is 0 Å². The molecule has 1 heterocycles. The van der Waals surface area contributed by atoms with Crippen molar-refractivity contribution in [3.05, 3.63) is 69.2 Å². The maximum atomic E-state index is 14.7. The van der Waals surface area contributed by atoms with Crippen molar-refractivity contribution in [1.29, 1.82) is 5.26 Å². The molecule has 1 fully saturated rings. The fraction of sp³-hybridized carbons (Fsp3) is 0.222. The number of nitriles is 1. The summed E-state index contributed by atoms with van der Waals surface area (Å²) in [5.74, 6) is -4.07. The predicted molar refractivity (Wildman–Crippen MR) is 92.3 cm³/mol. The molecule has 0 aromatic heterocycles. The van der Waals surface area contributed by atoms with Crippen LogP contribution in [0, 0.1) is 23.0 Å². The molecule has 0 aliphatic carbocycles. The zero-order valence-corrected chi connectivity index (χ0v) is 14.7. The van der Waals surface area contributed by atoms with Gasteiger partial charge in [-0.3, -0.25) is 4.79 Å². The van der Waals surface area contributed by atoms with E-state index in [9.17, 15) is 23.9 Å². The van der Waals surface area contributed by atoms with E-state index in [0.717, 1.165) is 6.07 Å². The number of aliphatic carboxylic acids is 1. The Hall–Kier alpha value is -2.20. The third-order valence-electron chi connectivity index (χ3n) is 4.66. The smallest absolute Gasteiger partial charge is 0.321 e. The number of carboxylic acid groups (broad SMARTS) is 1. The fourth-order valence-corrected chi connectivity index (χ4v) is 3.84. The van der Waals surface area contributed by atoms with E-state index >= 15 is 0 Å². The van der Waals surface area contributed by atoms with Crippen molar-refractivity contribution in [2.75, 3.05) is 6.54 Å². The van der Waals surface area contributed by atoms with Crippen molar-refractivity contribution in [1.82, 2.24) is 5.32 Å².